The maximum Gasteiger partial charge on any atom is 0.404 e. The van der Waals surface area contributed by atoms with Gasteiger partial charge in [0.25, 0.3) is 0 Å². The number of carbonyl (C=O) groups excluding carboxylic acids is 1. The van der Waals surface area contributed by atoms with Crippen LogP contribution in [0.3, 0.4) is 0 Å². The van der Waals surface area contributed by atoms with Crippen molar-refractivity contribution in [2.45, 2.75) is 25.7 Å². The average Bonchev–Trinajstić information content (AvgIpc) is 3.14. The quantitative estimate of drug-likeness (QED) is 0.511. The van der Waals surface area contributed by atoms with E-state index < -0.39 is 6.09 Å². The molecule has 0 spiro atoms. The molecular weight excluding hydrogens is 442 g/mol. The molecule has 1 aliphatic heterocycles. The van der Waals surface area contributed by atoms with Gasteiger partial charge in [0.2, 0.25) is 0 Å². The number of hydrogen-bond acceptors (Lipinski definition) is 5. The Morgan fingerprint density at radius 1 is 1.09 bits per heavy atom. The molecule has 1 aliphatic rings. The number of hydrogen-bond donors (Lipinski definition) is 2. The van der Waals surface area contributed by atoms with E-state index in [0.29, 0.717) is 12.5 Å². The molecule has 33 heavy (non-hydrogen) atoms. The Morgan fingerprint density at radius 2 is 1.82 bits per heavy atom. The summed E-state index contributed by atoms with van der Waals surface area (Å²) in [6.07, 6.45) is 1.48. The summed E-state index contributed by atoms with van der Waals surface area (Å²) >= 11 is 0. The largest absolute Gasteiger partial charge is 0.493 e. The Kier molecular flexibility index (Phi) is 8.10. The van der Waals surface area contributed by atoms with Gasteiger partial charge in [-0.15, -0.1) is 12.4 Å². The van der Waals surface area contributed by atoms with Crippen molar-refractivity contribution in [3.63, 3.8) is 0 Å². The minimum atomic E-state index is -0.706. The van der Waals surface area contributed by atoms with E-state index in [1.54, 1.807) is 14.2 Å². The third-order valence-electron chi connectivity index (χ3n) is 6.47. The summed E-state index contributed by atoms with van der Waals surface area (Å²) in [7, 11) is 3.30. The van der Waals surface area contributed by atoms with Crippen LogP contribution < -0.4 is 15.2 Å². The zero-order chi connectivity index (χ0) is 22.7. The van der Waals surface area contributed by atoms with E-state index in [4.69, 9.17) is 19.9 Å². The number of primary amides is 1. The average molecular weight is 474 g/mol. The molecule has 3 aromatic rings. The van der Waals surface area contributed by atoms with Gasteiger partial charge < -0.3 is 24.9 Å². The van der Waals surface area contributed by atoms with Crippen LogP contribution in [-0.4, -0.2) is 56.4 Å². The lowest BCUT2D eigenvalue weighted by molar-refractivity contribution is 0.125. The molecule has 7 nitrogen and oxygen atoms in total. The van der Waals surface area contributed by atoms with Crippen molar-refractivity contribution in [3.8, 4) is 22.8 Å². The SMILES string of the molecule is COc1ccc(-c2[nH]c3ccc(C4CCN(CCOC(N)=O)CC4)cc3c2C)cc1OC.Cl. The van der Waals surface area contributed by atoms with Gasteiger partial charge in [-0.1, -0.05) is 6.07 Å². The van der Waals surface area contributed by atoms with E-state index in [0.717, 1.165) is 60.7 Å². The van der Waals surface area contributed by atoms with Crippen LogP contribution in [0.5, 0.6) is 11.5 Å². The number of aromatic amines is 1. The number of H-pyrrole nitrogens is 1. The van der Waals surface area contributed by atoms with Gasteiger partial charge in [0.05, 0.1) is 14.2 Å². The highest BCUT2D eigenvalue weighted by molar-refractivity contribution is 5.91. The minimum absolute atomic E-state index is 0. The molecule has 4 rings (SSSR count). The predicted octanol–water partition coefficient (Wildman–Crippen LogP) is 4.86. The van der Waals surface area contributed by atoms with E-state index in [1.165, 1.54) is 16.5 Å². The molecule has 3 N–H and O–H groups in total. The fraction of sp³-hybridized carbons (Fsp3) is 0.400. The molecule has 0 unspecified atom stereocenters. The summed E-state index contributed by atoms with van der Waals surface area (Å²) in [4.78, 5) is 16.6. The normalized spacial score (nSPS) is 14.6. The molecule has 2 aromatic carbocycles. The van der Waals surface area contributed by atoms with Crippen LogP contribution in [0.1, 0.15) is 29.9 Å². The van der Waals surface area contributed by atoms with Gasteiger partial charge in [-0.3, -0.25) is 4.90 Å². The number of rotatable bonds is 7. The molecule has 0 atom stereocenters. The molecule has 0 aliphatic carbocycles. The van der Waals surface area contributed by atoms with Crippen molar-refractivity contribution < 1.29 is 19.0 Å². The van der Waals surface area contributed by atoms with E-state index in [1.807, 2.05) is 12.1 Å². The maximum absolute atomic E-state index is 10.7. The Bertz CT molecular complexity index is 1110. The first-order chi connectivity index (χ1) is 15.5. The number of halogens is 1. The van der Waals surface area contributed by atoms with Crippen LogP contribution in [0.15, 0.2) is 36.4 Å². The third kappa shape index (κ3) is 5.37. The highest BCUT2D eigenvalue weighted by atomic mass is 35.5. The van der Waals surface area contributed by atoms with Crippen LogP contribution >= 0.6 is 12.4 Å². The minimum Gasteiger partial charge on any atom is -0.493 e. The van der Waals surface area contributed by atoms with Gasteiger partial charge in [-0.25, -0.2) is 4.79 Å². The molecule has 1 aromatic heterocycles. The van der Waals surface area contributed by atoms with Crippen molar-refractivity contribution in [2.75, 3.05) is 40.5 Å². The number of aromatic nitrogens is 1. The number of piperidine rings is 1. The van der Waals surface area contributed by atoms with Crippen LogP contribution in [0.4, 0.5) is 4.79 Å². The van der Waals surface area contributed by atoms with Crippen LogP contribution in [-0.2, 0) is 4.74 Å². The fourth-order valence-electron chi connectivity index (χ4n) is 4.64. The van der Waals surface area contributed by atoms with Crippen molar-refractivity contribution in [1.29, 1.82) is 0 Å². The summed E-state index contributed by atoms with van der Waals surface area (Å²) in [6.45, 7) is 5.24. The zero-order valence-corrected chi connectivity index (χ0v) is 20.2. The van der Waals surface area contributed by atoms with E-state index >= 15 is 0 Å². The Morgan fingerprint density at radius 3 is 2.48 bits per heavy atom. The predicted molar refractivity (Wildman–Crippen MR) is 133 cm³/mol. The van der Waals surface area contributed by atoms with E-state index in [-0.39, 0.29) is 12.4 Å². The standard InChI is InChI=1S/C25H31N3O4.ClH/c1-16-20-14-18(17-8-10-28(11-9-17)12-13-32-25(26)29)4-6-21(20)27-24(16)19-5-7-22(30-2)23(15-19)31-3;/h4-7,14-15,17,27H,8-13H2,1-3H3,(H2,26,29);1H. The number of methoxy groups -OCH3 is 2. The summed E-state index contributed by atoms with van der Waals surface area (Å²) in [6, 6.07) is 12.8. The second kappa shape index (κ2) is 10.8. The number of amides is 1. The van der Waals surface area contributed by atoms with Crippen molar-refractivity contribution in [3.05, 3.63) is 47.5 Å². The number of likely N-dealkylation sites (tertiary alicyclic amines) is 1. The fourth-order valence-corrected chi connectivity index (χ4v) is 4.64. The summed E-state index contributed by atoms with van der Waals surface area (Å²) in [5, 5.41) is 1.25. The van der Waals surface area contributed by atoms with Crippen LogP contribution in [0, 0.1) is 6.92 Å². The first-order valence-electron chi connectivity index (χ1n) is 11.0. The monoisotopic (exact) mass is 473 g/mol. The molecule has 1 amide bonds. The van der Waals surface area contributed by atoms with E-state index in [9.17, 15) is 4.79 Å². The smallest absolute Gasteiger partial charge is 0.404 e. The van der Waals surface area contributed by atoms with Crippen molar-refractivity contribution in [2.24, 2.45) is 5.73 Å². The Labute approximate surface area is 200 Å². The summed E-state index contributed by atoms with van der Waals surface area (Å²) in [5.41, 5.74) is 11.0. The van der Waals surface area contributed by atoms with Crippen molar-refractivity contribution in [1.82, 2.24) is 9.88 Å². The Balaban J connectivity index is 0.00000306. The number of ether oxygens (including phenoxy) is 3. The van der Waals surface area contributed by atoms with Gasteiger partial charge in [0.15, 0.2) is 11.5 Å². The van der Waals surface area contributed by atoms with Crippen LogP contribution in [0.2, 0.25) is 0 Å². The summed E-state index contributed by atoms with van der Waals surface area (Å²) < 4.78 is 15.7. The lowest BCUT2D eigenvalue weighted by atomic mass is 9.88. The number of fused-ring (bicyclic) bond motifs is 1. The first-order valence-corrected chi connectivity index (χ1v) is 11.0. The molecule has 2 heterocycles. The number of nitrogens with zero attached hydrogens (tertiary/aromatic N) is 1. The van der Waals surface area contributed by atoms with Crippen molar-refractivity contribution >= 4 is 29.4 Å². The van der Waals surface area contributed by atoms with Gasteiger partial charge in [0.1, 0.15) is 6.61 Å². The number of benzene rings is 2. The lowest BCUT2D eigenvalue weighted by Crippen LogP contribution is -2.36. The second-order valence-corrected chi connectivity index (χ2v) is 8.28. The summed E-state index contributed by atoms with van der Waals surface area (Å²) in [5.74, 6) is 1.98. The van der Waals surface area contributed by atoms with Gasteiger partial charge in [0, 0.05) is 28.7 Å². The number of nitrogens with two attached hydrogens (primary N) is 1. The second-order valence-electron chi connectivity index (χ2n) is 8.28. The molecule has 1 fully saturated rings. The molecule has 0 bridgehead atoms. The number of carbonyl (C=O) groups is 1. The highest BCUT2D eigenvalue weighted by Gasteiger charge is 2.22. The molecular formula is C25H32ClN3O4. The molecule has 8 heteroatoms. The molecule has 0 saturated carbocycles. The van der Waals surface area contributed by atoms with Gasteiger partial charge in [-0.05, 0) is 80.2 Å². The topological polar surface area (TPSA) is 89.8 Å². The van der Waals surface area contributed by atoms with Crippen LogP contribution in [0.25, 0.3) is 22.2 Å². The number of nitrogens with one attached hydrogen (secondary N) is 1. The molecule has 0 radical (unpaired) electrons. The van der Waals surface area contributed by atoms with Gasteiger partial charge >= 0.3 is 6.09 Å². The maximum atomic E-state index is 10.7. The Hall–Kier alpha value is -2.90. The zero-order valence-electron chi connectivity index (χ0n) is 19.3. The molecule has 178 valence electrons. The molecule has 1 saturated heterocycles. The first kappa shape index (κ1) is 24.7. The van der Waals surface area contributed by atoms with E-state index in [2.05, 4.69) is 41.1 Å². The number of aryl methyl sites for hydroxylation is 1. The van der Waals surface area contributed by atoms with Gasteiger partial charge in [-0.2, -0.15) is 0 Å². The third-order valence-corrected chi connectivity index (χ3v) is 6.47. The highest BCUT2D eigenvalue weighted by Crippen LogP contribution is 2.37. The lowest BCUT2D eigenvalue weighted by Gasteiger charge is -2.32.